The van der Waals surface area contributed by atoms with Crippen molar-refractivity contribution in [2.24, 2.45) is 0 Å². The van der Waals surface area contributed by atoms with Gasteiger partial charge in [0.1, 0.15) is 0 Å². The zero-order valence-electron chi connectivity index (χ0n) is 8.59. The zero-order valence-corrected chi connectivity index (χ0v) is 8.59. The van der Waals surface area contributed by atoms with E-state index in [4.69, 9.17) is 0 Å². The molecule has 0 rings (SSSR count). The summed E-state index contributed by atoms with van der Waals surface area (Å²) in [7, 11) is 0. The monoisotopic (exact) mass is 199 g/mol. The van der Waals surface area contributed by atoms with Crippen LogP contribution in [0.4, 0.5) is 4.79 Å². The average Bonchev–Trinajstić information content (AvgIpc) is 2.13. The SMILES string of the molecule is CC/C=C/NC(=O)NCCNC(C)=O. The summed E-state index contributed by atoms with van der Waals surface area (Å²) < 4.78 is 0. The molecule has 0 aromatic heterocycles. The maximum atomic E-state index is 11.0. The third-order valence-electron chi connectivity index (χ3n) is 1.35. The van der Waals surface area contributed by atoms with Crippen LogP contribution < -0.4 is 16.0 Å². The van der Waals surface area contributed by atoms with Gasteiger partial charge in [0.15, 0.2) is 0 Å². The Hall–Kier alpha value is -1.52. The molecule has 0 atom stereocenters. The molecule has 0 saturated heterocycles. The molecule has 0 bridgehead atoms. The van der Waals surface area contributed by atoms with Gasteiger partial charge in [-0.3, -0.25) is 4.79 Å². The van der Waals surface area contributed by atoms with E-state index in [9.17, 15) is 9.59 Å². The van der Waals surface area contributed by atoms with E-state index >= 15 is 0 Å². The molecule has 3 N–H and O–H groups in total. The first-order chi connectivity index (χ1) is 6.66. The summed E-state index contributed by atoms with van der Waals surface area (Å²) >= 11 is 0. The molecule has 0 aliphatic carbocycles. The fraction of sp³-hybridized carbons (Fsp3) is 0.556. The van der Waals surface area contributed by atoms with Crippen molar-refractivity contribution in [3.8, 4) is 0 Å². The number of nitrogens with one attached hydrogen (secondary N) is 3. The van der Waals surface area contributed by atoms with Gasteiger partial charge >= 0.3 is 6.03 Å². The number of carbonyl (C=O) groups is 2. The molecule has 3 amide bonds. The second-order valence-electron chi connectivity index (χ2n) is 2.69. The first-order valence-corrected chi connectivity index (χ1v) is 4.60. The van der Waals surface area contributed by atoms with Gasteiger partial charge in [0.2, 0.25) is 5.91 Å². The predicted molar refractivity (Wildman–Crippen MR) is 54.6 cm³/mol. The molecule has 0 unspecified atom stereocenters. The smallest absolute Gasteiger partial charge is 0.318 e. The molecular formula is C9H17N3O2. The second kappa shape index (κ2) is 8.10. The van der Waals surface area contributed by atoms with Gasteiger partial charge in [0.25, 0.3) is 0 Å². The Balaban J connectivity index is 3.35. The highest BCUT2D eigenvalue weighted by molar-refractivity contribution is 5.75. The van der Waals surface area contributed by atoms with Gasteiger partial charge in [-0.25, -0.2) is 4.79 Å². The predicted octanol–water partition coefficient (Wildman–Crippen LogP) is 0.345. The summed E-state index contributed by atoms with van der Waals surface area (Å²) in [6, 6.07) is -0.264. The molecule has 80 valence electrons. The lowest BCUT2D eigenvalue weighted by atomic mass is 10.5. The van der Waals surface area contributed by atoms with E-state index in [1.54, 1.807) is 6.20 Å². The number of hydrogen-bond acceptors (Lipinski definition) is 2. The van der Waals surface area contributed by atoms with Crippen molar-refractivity contribution in [2.75, 3.05) is 13.1 Å². The van der Waals surface area contributed by atoms with Gasteiger partial charge in [-0.15, -0.1) is 0 Å². The van der Waals surface area contributed by atoms with E-state index in [1.807, 2.05) is 13.0 Å². The normalized spacial score (nSPS) is 9.86. The number of hydrogen-bond donors (Lipinski definition) is 3. The van der Waals surface area contributed by atoms with E-state index in [1.165, 1.54) is 6.92 Å². The fourth-order valence-corrected chi connectivity index (χ4v) is 0.718. The van der Waals surface area contributed by atoms with Crippen molar-refractivity contribution in [1.82, 2.24) is 16.0 Å². The first-order valence-electron chi connectivity index (χ1n) is 4.60. The molecule has 5 nitrogen and oxygen atoms in total. The van der Waals surface area contributed by atoms with Crippen LogP contribution in [0.15, 0.2) is 12.3 Å². The Kier molecular flexibility index (Phi) is 7.22. The molecule has 0 aromatic carbocycles. The molecule has 0 saturated carbocycles. The third-order valence-corrected chi connectivity index (χ3v) is 1.35. The summed E-state index contributed by atoms with van der Waals surface area (Å²) in [4.78, 5) is 21.4. The fourth-order valence-electron chi connectivity index (χ4n) is 0.718. The maximum absolute atomic E-state index is 11.0. The standard InChI is InChI=1S/C9H17N3O2/c1-3-4-5-11-9(14)12-7-6-10-8(2)13/h4-5H,3,6-7H2,1-2H3,(H,10,13)(H2,11,12,14)/b5-4+. The average molecular weight is 199 g/mol. The zero-order chi connectivity index (χ0) is 10.8. The lowest BCUT2D eigenvalue weighted by molar-refractivity contribution is -0.118. The van der Waals surface area contributed by atoms with Crippen LogP contribution in [0.1, 0.15) is 20.3 Å². The van der Waals surface area contributed by atoms with Crippen LogP contribution in [-0.2, 0) is 4.79 Å². The van der Waals surface area contributed by atoms with Gasteiger partial charge in [0.05, 0.1) is 0 Å². The Labute approximate surface area is 83.9 Å². The van der Waals surface area contributed by atoms with Crippen molar-refractivity contribution >= 4 is 11.9 Å². The molecular weight excluding hydrogens is 182 g/mol. The molecule has 0 spiro atoms. The van der Waals surface area contributed by atoms with E-state index in [-0.39, 0.29) is 11.9 Å². The van der Waals surface area contributed by atoms with E-state index in [2.05, 4.69) is 16.0 Å². The molecule has 0 aliphatic heterocycles. The number of amides is 3. The Morgan fingerprint density at radius 1 is 1.21 bits per heavy atom. The van der Waals surface area contributed by atoms with Crippen LogP contribution >= 0.6 is 0 Å². The molecule has 0 fully saturated rings. The largest absolute Gasteiger partial charge is 0.355 e. The van der Waals surface area contributed by atoms with Crippen LogP contribution in [0.2, 0.25) is 0 Å². The van der Waals surface area contributed by atoms with Crippen molar-refractivity contribution in [3.63, 3.8) is 0 Å². The van der Waals surface area contributed by atoms with Crippen molar-refractivity contribution in [1.29, 1.82) is 0 Å². The van der Waals surface area contributed by atoms with Crippen LogP contribution in [0.5, 0.6) is 0 Å². The lowest BCUT2D eigenvalue weighted by Gasteiger charge is -2.04. The lowest BCUT2D eigenvalue weighted by Crippen LogP contribution is -2.37. The van der Waals surface area contributed by atoms with Gasteiger partial charge in [-0.2, -0.15) is 0 Å². The highest BCUT2D eigenvalue weighted by Gasteiger charge is 1.95. The van der Waals surface area contributed by atoms with Gasteiger partial charge < -0.3 is 16.0 Å². The second-order valence-corrected chi connectivity index (χ2v) is 2.69. The third kappa shape index (κ3) is 8.58. The highest BCUT2D eigenvalue weighted by atomic mass is 16.2. The molecule has 0 heterocycles. The quantitative estimate of drug-likeness (QED) is 0.559. The minimum absolute atomic E-state index is 0.0990. The van der Waals surface area contributed by atoms with Crippen LogP contribution in [0.25, 0.3) is 0 Å². The molecule has 0 radical (unpaired) electrons. The Bertz CT molecular complexity index is 214. The van der Waals surface area contributed by atoms with Crippen molar-refractivity contribution in [2.45, 2.75) is 20.3 Å². The maximum Gasteiger partial charge on any atom is 0.318 e. The van der Waals surface area contributed by atoms with E-state index in [0.29, 0.717) is 13.1 Å². The summed E-state index contributed by atoms with van der Waals surface area (Å²) in [6.45, 7) is 4.28. The van der Waals surface area contributed by atoms with Crippen LogP contribution in [-0.4, -0.2) is 25.0 Å². The van der Waals surface area contributed by atoms with E-state index < -0.39 is 0 Å². The molecule has 14 heavy (non-hydrogen) atoms. The highest BCUT2D eigenvalue weighted by Crippen LogP contribution is 1.75. The van der Waals surface area contributed by atoms with Gasteiger partial charge in [-0.05, 0) is 6.42 Å². The summed E-state index contributed by atoms with van der Waals surface area (Å²) in [5, 5.41) is 7.68. The number of urea groups is 1. The summed E-state index contributed by atoms with van der Waals surface area (Å²) in [5.41, 5.74) is 0. The Morgan fingerprint density at radius 2 is 1.86 bits per heavy atom. The van der Waals surface area contributed by atoms with Crippen LogP contribution in [0, 0.1) is 0 Å². The molecule has 0 aromatic rings. The minimum Gasteiger partial charge on any atom is -0.355 e. The topological polar surface area (TPSA) is 70.2 Å². The number of allylic oxidation sites excluding steroid dienone is 1. The van der Waals surface area contributed by atoms with Crippen molar-refractivity contribution in [3.05, 3.63) is 12.3 Å². The first kappa shape index (κ1) is 12.5. The summed E-state index contributed by atoms with van der Waals surface area (Å²) in [5.74, 6) is -0.0990. The minimum atomic E-state index is -0.264. The summed E-state index contributed by atoms with van der Waals surface area (Å²) in [6.07, 6.45) is 4.31. The van der Waals surface area contributed by atoms with Gasteiger partial charge in [-0.1, -0.05) is 13.0 Å². The number of carbonyl (C=O) groups excluding carboxylic acids is 2. The molecule has 0 aliphatic rings. The van der Waals surface area contributed by atoms with Gasteiger partial charge in [0, 0.05) is 26.2 Å². The van der Waals surface area contributed by atoms with E-state index in [0.717, 1.165) is 6.42 Å². The Morgan fingerprint density at radius 3 is 2.43 bits per heavy atom. The van der Waals surface area contributed by atoms with Crippen LogP contribution in [0.3, 0.4) is 0 Å². The van der Waals surface area contributed by atoms with Crippen molar-refractivity contribution < 1.29 is 9.59 Å². The molecule has 5 heteroatoms. The number of rotatable bonds is 5.